The fraction of sp³-hybridized carbons (Fsp3) is 0.667. The summed E-state index contributed by atoms with van der Waals surface area (Å²) in [5.74, 6) is -0.431. The fourth-order valence-corrected chi connectivity index (χ4v) is 1.46. The summed E-state index contributed by atoms with van der Waals surface area (Å²) >= 11 is 0. The number of carbonyl (C=O) groups is 2. The Bertz CT molecular complexity index is 194. The first-order chi connectivity index (χ1) is 5.29. The Hall–Kier alpha value is -0.940. The minimum absolute atomic E-state index is 0.216. The van der Waals surface area contributed by atoms with E-state index < -0.39 is 0 Å². The molecule has 2 atom stereocenters. The van der Waals surface area contributed by atoms with Crippen LogP contribution in [0.4, 0.5) is 0 Å². The number of piperazine rings is 1. The van der Waals surface area contributed by atoms with Gasteiger partial charge >= 0.3 is 0 Å². The van der Waals surface area contributed by atoms with E-state index >= 15 is 0 Å². The Morgan fingerprint density at radius 3 is 1.91 bits per heavy atom. The fourth-order valence-electron chi connectivity index (χ4n) is 1.46. The van der Waals surface area contributed by atoms with Gasteiger partial charge in [-0.05, 0) is 0 Å². The van der Waals surface area contributed by atoms with Crippen LogP contribution in [0, 0.1) is 0 Å². The number of nitrogens with one attached hydrogen (secondary N) is 3. The van der Waals surface area contributed by atoms with Crippen molar-refractivity contribution in [2.24, 2.45) is 0 Å². The molecule has 2 amide bonds. The zero-order chi connectivity index (χ0) is 7.84. The van der Waals surface area contributed by atoms with E-state index in [4.69, 9.17) is 0 Å². The van der Waals surface area contributed by atoms with Gasteiger partial charge in [-0.2, -0.15) is 0 Å². The first-order valence-corrected chi connectivity index (χ1v) is 3.60. The third kappa shape index (κ3) is 0.928. The van der Waals surface area contributed by atoms with Gasteiger partial charge in [-0.1, -0.05) is 0 Å². The van der Waals surface area contributed by atoms with E-state index in [2.05, 4.69) is 16.0 Å². The molecule has 3 N–H and O–H groups in total. The molecule has 0 aliphatic carbocycles. The summed E-state index contributed by atoms with van der Waals surface area (Å²) in [6.07, 6.45) is 0. The molecular formula is C6H9N3O2. The second-order valence-electron chi connectivity index (χ2n) is 2.72. The highest BCUT2D eigenvalue weighted by Crippen LogP contribution is 2.05. The van der Waals surface area contributed by atoms with Crippen LogP contribution in [0.3, 0.4) is 0 Å². The summed E-state index contributed by atoms with van der Waals surface area (Å²) in [6, 6.07) is -0.701. The zero-order valence-corrected chi connectivity index (χ0v) is 5.89. The lowest BCUT2D eigenvalue weighted by molar-refractivity contribution is -0.125. The Morgan fingerprint density at radius 1 is 1.00 bits per heavy atom. The molecular weight excluding hydrogens is 146 g/mol. The number of imide groups is 1. The van der Waals surface area contributed by atoms with Gasteiger partial charge in [0.1, 0.15) is 12.1 Å². The minimum Gasteiger partial charge on any atom is -0.303 e. The Morgan fingerprint density at radius 2 is 1.45 bits per heavy atom. The summed E-state index contributed by atoms with van der Waals surface area (Å²) in [5.41, 5.74) is 0. The van der Waals surface area contributed by atoms with Crippen molar-refractivity contribution in [1.29, 1.82) is 0 Å². The molecule has 2 saturated heterocycles. The highest BCUT2D eigenvalue weighted by molar-refractivity contribution is 6.09. The summed E-state index contributed by atoms with van der Waals surface area (Å²) in [5, 5.41) is 8.19. The number of rotatable bonds is 0. The van der Waals surface area contributed by atoms with Crippen molar-refractivity contribution in [3.05, 3.63) is 0 Å². The molecule has 5 nitrogen and oxygen atoms in total. The van der Waals surface area contributed by atoms with Crippen molar-refractivity contribution < 1.29 is 9.59 Å². The minimum atomic E-state index is -0.351. The molecule has 2 heterocycles. The Balaban J connectivity index is 2.19. The van der Waals surface area contributed by atoms with Gasteiger partial charge in [-0.3, -0.25) is 14.9 Å². The monoisotopic (exact) mass is 155 g/mol. The van der Waals surface area contributed by atoms with Gasteiger partial charge in [0.2, 0.25) is 11.8 Å². The van der Waals surface area contributed by atoms with Gasteiger partial charge in [0.05, 0.1) is 0 Å². The van der Waals surface area contributed by atoms with Crippen molar-refractivity contribution in [1.82, 2.24) is 16.0 Å². The van der Waals surface area contributed by atoms with Crippen LogP contribution < -0.4 is 16.0 Å². The van der Waals surface area contributed by atoms with Crippen LogP contribution in [0.1, 0.15) is 0 Å². The van der Waals surface area contributed by atoms with E-state index in [9.17, 15) is 9.59 Å². The van der Waals surface area contributed by atoms with E-state index in [1.807, 2.05) is 0 Å². The normalized spacial score (nSPS) is 36.7. The van der Waals surface area contributed by atoms with Crippen molar-refractivity contribution in [2.45, 2.75) is 12.1 Å². The number of hydrogen-bond acceptors (Lipinski definition) is 4. The Kier molecular flexibility index (Phi) is 1.40. The average Bonchev–Trinajstić information content (AvgIpc) is 2.30. The third-order valence-electron chi connectivity index (χ3n) is 2.00. The molecule has 2 aliphatic heterocycles. The standard InChI is InChI=1S/C6H9N3O2/c10-5-3-4(6(11)9-5)8-2-1-7-3/h3-4,7-8H,1-2H2,(H,9,10,11). The third-order valence-corrected chi connectivity index (χ3v) is 2.00. The molecule has 0 aromatic carbocycles. The zero-order valence-electron chi connectivity index (χ0n) is 5.89. The predicted octanol–water partition coefficient (Wildman–Crippen LogP) is -2.43. The van der Waals surface area contributed by atoms with Gasteiger partial charge < -0.3 is 10.6 Å². The van der Waals surface area contributed by atoms with E-state index in [1.54, 1.807) is 0 Å². The molecule has 2 aliphatic rings. The van der Waals surface area contributed by atoms with Crippen LogP contribution >= 0.6 is 0 Å². The molecule has 2 fully saturated rings. The molecule has 11 heavy (non-hydrogen) atoms. The molecule has 0 spiro atoms. The molecule has 0 bridgehead atoms. The second kappa shape index (κ2) is 2.28. The Labute approximate surface area is 63.5 Å². The number of fused-ring (bicyclic) bond motifs is 1. The second-order valence-corrected chi connectivity index (χ2v) is 2.72. The topological polar surface area (TPSA) is 70.2 Å². The van der Waals surface area contributed by atoms with Gasteiger partial charge in [0, 0.05) is 13.1 Å². The van der Waals surface area contributed by atoms with Gasteiger partial charge in [-0.15, -0.1) is 0 Å². The predicted molar refractivity (Wildman–Crippen MR) is 36.7 cm³/mol. The van der Waals surface area contributed by atoms with E-state index in [0.29, 0.717) is 0 Å². The van der Waals surface area contributed by atoms with Crippen LogP contribution in [-0.2, 0) is 9.59 Å². The van der Waals surface area contributed by atoms with E-state index in [0.717, 1.165) is 13.1 Å². The molecule has 2 rings (SSSR count). The number of hydrogen-bond donors (Lipinski definition) is 3. The maximum atomic E-state index is 11.0. The summed E-state index contributed by atoms with van der Waals surface area (Å²) in [4.78, 5) is 22.0. The van der Waals surface area contributed by atoms with Crippen molar-refractivity contribution in [3.8, 4) is 0 Å². The lowest BCUT2D eigenvalue weighted by Gasteiger charge is -2.23. The van der Waals surface area contributed by atoms with Crippen LogP contribution in [0.5, 0.6) is 0 Å². The van der Waals surface area contributed by atoms with E-state index in [-0.39, 0.29) is 23.9 Å². The summed E-state index contributed by atoms with van der Waals surface area (Å²) < 4.78 is 0. The SMILES string of the molecule is O=C1NC(=O)C2NCCNC12. The molecule has 0 radical (unpaired) electrons. The maximum absolute atomic E-state index is 11.0. The summed E-state index contributed by atoms with van der Waals surface area (Å²) in [6.45, 7) is 1.48. The highest BCUT2D eigenvalue weighted by atomic mass is 16.2. The van der Waals surface area contributed by atoms with Crippen LogP contribution in [0.2, 0.25) is 0 Å². The van der Waals surface area contributed by atoms with Crippen LogP contribution in [-0.4, -0.2) is 37.0 Å². The average molecular weight is 155 g/mol. The lowest BCUT2D eigenvalue weighted by Crippen LogP contribution is -2.57. The van der Waals surface area contributed by atoms with Crippen LogP contribution in [0.25, 0.3) is 0 Å². The van der Waals surface area contributed by atoms with E-state index in [1.165, 1.54) is 0 Å². The van der Waals surface area contributed by atoms with Gasteiger partial charge in [-0.25, -0.2) is 0 Å². The molecule has 0 aromatic heterocycles. The maximum Gasteiger partial charge on any atom is 0.245 e. The largest absolute Gasteiger partial charge is 0.303 e. The van der Waals surface area contributed by atoms with Crippen LogP contribution in [0.15, 0.2) is 0 Å². The van der Waals surface area contributed by atoms with Crippen molar-refractivity contribution >= 4 is 11.8 Å². The van der Waals surface area contributed by atoms with Crippen molar-refractivity contribution in [2.75, 3.05) is 13.1 Å². The highest BCUT2D eigenvalue weighted by Gasteiger charge is 2.42. The first-order valence-electron chi connectivity index (χ1n) is 3.60. The molecule has 5 heteroatoms. The molecule has 60 valence electrons. The van der Waals surface area contributed by atoms with Crippen molar-refractivity contribution in [3.63, 3.8) is 0 Å². The number of carbonyl (C=O) groups excluding carboxylic acids is 2. The smallest absolute Gasteiger partial charge is 0.245 e. The lowest BCUT2D eigenvalue weighted by atomic mass is 10.1. The quantitative estimate of drug-likeness (QED) is 0.340. The molecule has 2 unspecified atom stereocenters. The number of amides is 2. The molecule has 0 aromatic rings. The van der Waals surface area contributed by atoms with Gasteiger partial charge in [0.15, 0.2) is 0 Å². The summed E-state index contributed by atoms with van der Waals surface area (Å²) in [7, 11) is 0. The molecule has 0 saturated carbocycles. The van der Waals surface area contributed by atoms with Gasteiger partial charge in [0.25, 0.3) is 0 Å². The first kappa shape index (κ1) is 6.75.